The fourth-order valence-corrected chi connectivity index (χ4v) is 3.10. The highest BCUT2D eigenvalue weighted by Gasteiger charge is 2.24. The van der Waals surface area contributed by atoms with E-state index in [1.165, 1.54) is 30.5 Å². The first-order chi connectivity index (χ1) is 9.88. The molecule has 20 heavy (non-hydrogen) atoms. The summed E-state index contributed by atoms with van der Waals surface area (Å²) in [7, 11) is 0. The molecule has 1 unspecified atom stereocenters. The van der Waals surface area contributed by atoms with Gasteiger partial charge in [-0.15, -0.1) is 0 Å². The van der Waals surface area contributed by atoms with Crippen molar-refractivity contribution in [2.24, 2.45) is 0 Å². The molecule has 2 aliphatic rings. The van der Waals surface area contributed by atoms with Gasteiger partial charge in [-0.2, -0.15) is 0 Å². The van der Waals surface area contributed by atoms with Crippen LogP contribution >= 0.6 is 0 Å². The summed E-state index contributed by atoms with van der Waals surface area (Å²) in [6, 6.07) is 0. The summed E-state index contributed by atoms with van der Waals surface area (Å²) < 4.78 is 5.77. The van der Waals surface area contributed by atoms with Gasteiger partial charge < -0.3 is 10.1 Å². The van der Waals surface area contributed by atoms with Crippen LogP contribution in [0, 0.1) is 0 Å². The lowest BCUT2D eigenvalue weighted by molar-refractivity contribution is 0.105. The standard InChI is InChI=1S/C16H25N3O/c1-2-10-17-15-12-7-4-3-5-8-13(12)18-16(19-15)14-9-6-11-20-14/h14H,2-11H2,1H3,(H,17,18,19). The molecule has 1 aromatic rings. The van der Waals surface area contributed by atoms with Crippen LogP contribution in [0.4, 0.5) is 5.82 Å². The molecule has 4 nitrogen and oxygen atoms in total. The minimum absolute atomic E-state index is 0.116. The van der Waals surface area contributed by atoms with Gasteiger partial charge in [0.15, 0.2) is 5.82 Å². The third-order valence-corrected chi connectivity index (χ3v) is 4.21. The molecule has 0 radical (unpaired) electrons. The van der Waals surface area contributed by atoms with Gasteiger partial charge in [0.05, 0.1) is 0 Å². The molecule has 2 heterocycles. The lowest BCUT2D eigenvalue weighted by Crippen LogP contribution is -2.14. The molecular weight excluding hydrogens is 250 g/mol. The molecule has 3 rings (SSSR count). The second kappa shape index (κ2) is 6.53. The molecule has 1 fully saturated rings. The van der Waals surface area contributed by atoms with Crippen molar-refractivity contribution in [3.63, 3.8) is 0 Å². The average molecular weight is 275 g/mol. The molecule has 110 valence electrons. The van der Waals surface area contributed by atoms with E-state index in [2.05, 4.69) is 12.2 Å². The van der Waals surface area contributed by atoms with E-state index in [0.29, 0.717) is 0 Å². The van der Waals surface area contributed by atoms with E-state index < -0.39 is 0 Å². The van der Waals surface area contributed by atoms with Gasteiger partial charge >= 0.3 is 0 Å². The summed E-state index contributed by atoms with van der Waals surface area (Å²) in [5.74, 6) is 1.98. The van der Waals surface area contributed by atoms with Gasteiger partial charge in [-0.1, -0.05) is 13.3 Å². The number of aromatic nitrogens is 2. The van der Waals surface area contributed by atoms with E-state index in [9.17, 15) is 0 Å². The molecule has 0 saturated carbocycles. The first-order valence-electron chi connectivity index (χ1n) is 8.13. The van der Waals surface area contributed by atoms with E-state index in [1.807, 2.05) is 0 Å². The zero-order valence-corrected chi connectivity index (χ0v) is 12.5. The Morgan fingerprint density at radius 3 is 2.85 bits per heavy atom. The highest BCUT2D eigenvalue weighted by Crippen LogP contribution is 2.31. The molecule has 1 atom stereocenters. The van der Waals surface area contributed by atoms with Crippen molar-refractivity contribution in [3.8, 4) is 0 Å². The first-order valence-corrected chi connectivity index (χ1v) is 8.13. The molecule has 4 heteroatoms. The van der Waals surface area contributed by atoms with Crippen molar-refractivity contribution in [2.75, 3.05) is 18.5 Å². The van der Waals surface area contributed by atoms with Gasteiger partial charge in [-0.25, -0.2) is 9.97 Å². The fraction of sp³-hybridized carbons (Fsp3) is 0.750. The summed E-state index contributed by atoms with van der Waals surface area (Å²) >= 11 is 0. The predicted molar refractivity (Wildman–Crippen MR) is 80.0 cm³/mol. The first kappa shape index (κ1) is 13.8. The zero-order chi connectivity index (χ0) is 13.8. The number of hydrogen-bond donors (Lipinski definition) is 1. The number of ether oxygens (including phenoxy) is 1. The Morgan fingerprint density at radius 1 is 1.15 bits per heavy atom. The largest absolute Gasteiger partial charge is 0.370 e. The van der Waals surface area contributed by atoms with Crippen LogP contribution in [0.2, 0.25) is 0 Å². The normalized spacial score (nSPS) is 22.4. The Bertz CT molecular complexity index is 455. The molecule has 0 bridgehead atoms. The van der Waals surface area contributed by atoms with Crippen molar-refractivity contribution in [1.29, 1.82) is 0 Å². The van der Waals surface area contributed by atoms with Crippen molar-refractivity contribution in [2.45, 2.75) is 64.4 Å². The van der Waals surface area contributed by atoms with Gasteiger partial charge in [0.25, 0.3) is 0 Å². The Hall–Kier alpha value is -1.16. The van der Waals surface area contributed by atoms with Crippen molar-refractivity contribution >= 4 is 5.82 Å². The number of anilines is 1. The summed E-state index contributed by atoms with van der Waals surface area (Å²) in [6.07, 6.45) is 9.46. The highest BCUT2D eigenvalue weighted by molar-refractivity contribution is 5.47. The smallest absolute Gasteiger partial charge is 0.159 e. The van der Waals surface area contributed by atoms with E-state index in [-0.39, 0.29) is 6.10 Å². The quantitative estimate of drug-likeness (QED) is 0.855. The molecule has 1 aromatic heterocycles. The Balaban J connectivity index is 1.93. The predicted octanol–water partition coefficient (Wildman–Crippen LogP) is 3.42. The van der Waals surface area contributed by atoms with Crippen LogP contribution in [-0.4, -0.2) is 23.1 Å². The molecule has 0 amide bonds. The maximum atomic E-state index is 5.77. The van der Waals surface area contributed by atoms with Crippen LogP contribution in [-0.2, 0) is 17.6 Å². The van der Waals surface area contributed by atoms with Crippen LogP contribution in [0.3, 0.4) is 0 Å². The average Bonchev–Trinajstić information content (AvgIpc) is 2.90. The summed E-state index contributed by atoms with van der Waals surface area (Å²) in [4.78, 5) is 9.65. The van der Waals surface area contributed by atoms with E-state index in [1.54, 1.807) is 0 Å². The van der Waals surface area contributed by atoms with Crippen LogP contribution in [0.1, 0.15) is 68.6 Å². The molecule has 1 aliphatic carbocycles. The Morgan fingerprint density at radius 2 is 2.05 bits per heavy atom. The van der Waals surface area contributed by atoms with Crippen LogP contribution in [0.25, 0.3) is 0 Å². The van der Waals surface area contributed by atoms with Crippen molar-refractivity contribution < 1.29 is 4.74 Å². The molecule has 1 aliphatic heterocycles. The molecule has 0 aromatic carbocycles. The summed E-state index contributed by atoms with van der Waals surface area (Å²) in [5.41, 5.74) is 2.62. The number of rotatable bonds is 4. The Kier molecular flexibility index (Phi) is 4.51. The molecule has 1 N–H and O–H groups in total. The Labute approximate surface area is 121 Å². The summed E-state index contributed by atoms with van der Waals surface area (Å²) in [5, 5.41) is 3.51. The lowest BCUT2D eigenvalue weighted by atomic mass is 10.1. The number of nitrogens with one attached hydrogen (secondary N) is 1. The van der Waals surface area contributed by atoms with Gasteiger partial charge in [-0.05, 0) is 44.9 Å². The second-order valence-electron chi connectivity index (χ2n) is 5.84. The fourth-order valence-electron chi connectivity index (χ4n) is 3.10. The van der Waals surface area contributed by atoms with E-state index >= 15 is 0 Å². The van der Waals surface area contributed by atoms with Gasteiger partial charge in [0, 0.05) is 24.4 Å². The summed E-state index contributed by atoms with van der Waals surface area (Å²) in [6.45, 7) is 4.02. The monoisotopic (exact) mass is 275 g/mol. The van der Waals surface area contributed by atoms with E-state index in [4.69, 9.17) is 14.7 Å². The minimum atomic E-state index is 0.116. The highest BCUT2D eigenvalue weighted by atomic mass is 16.5. The lowest BCUT2D eigenvalue weighted by Gasteiger charge is -2.17. The number of nitrogens with zero attached hydrogens (tertiary/aromatic N) is 2. The van der Waals surface area contributed by atoms with Gasteiger partial charge in [0.2, 0.25) is 0 Å². The van der Waals surface area contributed by atoms with Crippen molar-refractivity contribution in [1.82, 2.24) is 9.97 Å². The number of aryl methyl sites for hydroxylation is 1. The van der Waals surface area contributed by atoms with Crippen LogP contribution in [0.15, 0.2) is 0 Å². The maximum Gasteiger partial charge on any atom is 0.159 e. The molecule has 1 saturated heterocycles. The van der Waals surface area contributed by atoms with E-state index in [0.717, 1.165) is 56.9 Å². The molecule has 0 spiro atoms. The van der Waals surface area contributed by atoms with Crippen LogP contribution in [0.5, 0.6) is 0 Å². The number of fused-ring (bicyclic) bond motifs is 1. The topological polar surface area (TPSA) is 47.0 Å². The SMILES string of the molecule is CCCNc1nc(C2CCCO2)nc2c1CCCCC2. The maximum absolute atomic E-state index is 5.77. The zero-order valence-electron chi connectivity index (χ0n) is 12.5. The van der Waals surface area contributed by atoms with Gasteiger partial charge in [-0.3, -0.25) is 0 Å². The van der Waals surface area contributed by atoms with Crippen LogP contribution < -0.4 is 5.32 Å². The molecular formula is C16H25N3O. The van der Waals surface area contributed by atoms with Gasteiger partial charge in [0.1, 0.15) is 11.9 Å². The third-order valence-electron chi connectivity index (χ3n) is 4.21. The third kappa shape index (κ3) is 2.95. The minimum Gasteiger partial charge on any atom is -0.370 e. The van der Waals surface area contributed by atoms with Crippen molar-refractivity contribution in [3.05, 3.63) is 17.1 Å². The number of hydrogen-bond acceptors (Lipinski definition) is 4. The second-order valence-corrected chi connectivity index (χ2v) is 5.84.